The molecule has 0 aliphatic carbocycles. The highest BCUT2D eigenvalue weighted by atomic mass is 35.5. The van der Waals surface area contributed by atoms with Crippen LogP contribution in [0.1, 0.15) is 41.0 Å². The van der Waals surface area contributed by atoms with Gasteiger partial charge in [0, 0.05) is 5.38 Å². The van der Waals surface area contributed by atoms with Crippen molar-refractivity contribution in [1.29, 1.82) is 0 Å². The van der Waals surface area contributed by atoms with Crippen LogP contribution in [0.25, 0.3) is 0 Å². The average molecular weight is 163 g/mol. The van der Waals surface area contributed by atoms with Crippen molar-refractivity contribution in [3.05, 3.63) is 0 Å². The molecule has 0 amide bonds. The number of rotatable bonds is 2. The summed E-state index contributed by atoms with van der Waals surface area (Å²) in [6.45, 7) is 11.1. The Morgan fingerprint density at radius 2 is 1.60 bits per heavy atom. The molecule has 0 spiro atoms. The predicted molar refractivity (Wildman–Crippen MR) is 48.6 cm³/mol. The fourth-order valence-electron chi connectivity index (χ4n) is 0.841. The molecule has 1 heteroatoms. The summed E-state index contributed by atoms with van der Waals surface area (Å²) in [6, 6.07) is 0. The van der Waals surface area contributed by atoms with Gasteiger partial charge >= 0.3 is 0 Å². The van der Waals surface area contributed by atoms with Crippen molar-refractivity contribution >= 4 is 11.6 Å². The first-order valence-corrected chi connectivity index (χ1v) is 4.41. The molecule has 0 heterocycles. The van der Waals surface area contributed by atoms with Gasteiger partial charge in [-0.1, -0.05) is 27.7 Å². The van der Waals surface area contributed by atoms with Crippen molar-refractivity contribution in [1.82, 2.24) is 0 Å². The van der Waals surface area contributed by atoms with Gasteiger partial charge in [0.2, 0.25) is 0 Å². The van der Waals surface area contributed by atoms with Crippen molar-refractivity contribution < 1.29 is 0 Å². The lowest BCUT2D eigenvalue weighted by Gasteiger charge is -2.27. The van der Waals surface area contributed by atoms with E-state index in [9.17, 15) is 0 Å². The molecular weight excluding hydrogens is 144 g/mol. The third kappa shape index (κ3) is 4.16. The van der Waals surface area contributed by atoms with Gasteiger partial charge in [-0.2, -0.15) is 0 Å². The summed E-state index contributed by atoms with van der Waals surface area (Å²) in [5.41, 5.74) is 0.406. The summed E-state index contributed by atoms with van der Waals surface area (Å²) in [6.07, 6.45) is 1.12. The molecule has 0 radical (unpaired) electrons. The zero-order chi connectivity index (χ0) is 8.36. The van der Waals surface area contributed by atoms with E-state index in [2.05, 4.69) is 34.6 Å². The molecule has 0 saturated carbocycles. The molecule has 0 aromatic carbocycles. The van der Waals surface area contributed by atoms with E-state index >= 15 is 0 Å². The van der Waals surface area contributed by atoms with Crippen molar-refractivity contribution in [3.8, 4) is 0 Å². The molecule has 2 unspecified atom stereocenters. The van der Waals surface area contributed by atoms with Crippen molar-refractivity contribution in [3.63, 3.8) is 0 Å². The van der Waals surface area contributed by atoms with Gasteiger partial charge in [-0.3, -0.25) is 0 Å². The van der Waals surface area contributed by atoms with Gasteiger partial charge in [0.15, 0.2) is 0 Å². The molecule has 0 aromatic rings. The van der Waals surface area contributed by atoms with Crippen molar-refractivity contribution in [2.45, 2.75) is 46.4 Å². The molecule has 0 saturated heterocycles. The van der Waals surface area contributed by atoms with Crippen molar-refractivity contribution in [2.75, 3.05) is 0 Å². The second-order valence-corrected chi connectivity index (χ2v) is 5.03. The fraction of sp³-hybridized carbons (Fsp3) is 1.00. The lowest BCUT2D eigenvalue weighted by atomic mass is 9.79. The second kappa shape index (κ2) is 3.61. The number of alkyl halides is 1. The first-order valence-electron chi connectivity index (χ1n) is 3.98. The predicted octanol–water partition coefficient (Wildman–Crippen LogP) is 3.69. The molecule has 10 heavy (non-hydrogen) atoms. The summed E-state index contributed by atoms with van der Waals surface area (Å²) < 4.78 is 0. The Balaban J connectivity index is 3.73. The zero-order valence-electron chi connectivity index (χ0n) is 7.74. The van der Waals surface area contributed by atoms with Crippen LogP contribution in [0.4, 0.5) is 0 Å². The topological polar surface area (TPSA) is 0 Å². The molecule has 0 aliphatic rings. The number of hydrogen-bond acceptors (Lipinski definition) is 0. The highest BCUT2D eigenvalue weighted by molar-refractivity contribution is 6.20. The minimum absolute atomic E-state index is 0.314. The van der Waals surface area contributed by atoms with Gasteiger partial charge in [-0.05, 0) is 24.7 Å². The molecule has 2 atom stereocenters. The summed E-state index contributed by atoms with van der Waals surface area (Å²) >= 11 is 5.88. The lowest BCUT2D eigenvalue weighted by Crippen LogP contribution is -2.19. The first-order chi connectivity index (χ1) is 4.34. The maximum absolute atomic E-state index is 5.88. The van der Waals surface area contributed by atoms with Crippen LogP contribution in [0.5, 0.6) is 0 Å². The number of hydrogen-bond donors (Lipinski definition) is 0. The second-order valence-electron chi connectivity index (χ2n) is 4.28. The SMILES string of the molecule is CC(Cl)CC(C)C(C)(C)C. The lowest BCUT2D eigenvalue weighted by molar-refractivity contribution is 0.246. The van der Waals surface area contributed by atoms with Gasteiger partial charge < -0.3 is 0 Å². The maximum atomic E-state index is 5.88. The molecular formula is C9H19Cl. The van der Waals surface area contributed by atoms with Gasteiger partial charge in [-0.25, -0.2) is 0 Å². The van der Waals surface area contributed by atoms with Gasteiger partial charge in [0.25, 0.3) is 0 Å². The van der Waals surface area contributed by atoms with Crippen LogP contribution in [0, 0.1) is 11.3 Å². The van der Waals surface area contributed by atoms with Crippen LogP contribution in [0.15, 0.2) is 0 Å². The molecule has 0 nitrogen and oxygen atoms in total. The highest BCUT2D eigenvalue weighted by Gasteiger charge is 2.20. The van der Waals surface area contributed by atoms with E-state index < -0.39 is 0 Å². The van der Waals surface area contributed by atoms with Crippen LogP contribution in [-0.2, 0) is 0 Å². The van der Waals surface area contributed by atoms with Crippen LogP contribution < -0.4 is 0 Å². The van der Waals surface area contributed by atoms with E-state index in [1.165, 1.54) is 0 Å². The molecule has 0 fully saturated rings. The quantitative estimate of drug-likeness (QED) is 0.544. The minimum Gasteiger partial charge on any atom is -0.123 e. The summed E-state index contributed by atoms with van der Waals surface area (Å²) in [5.74, 6) is 0.708. The molecule has 0 bridgehead atoms. The Kier molecular flexibility index (Phi) is 3.72. The summed E-state index contributed by atoms with van der Waals surface area (Å²) in [5, 5.41) is 0.314. The molecule has 0 N–H and O–H groups in total. The Hall–Kier alpha value is 0.290. The Morgan fingerprint density at radius 1 is 1.20 bits per heavy atom. The monoisotopic (exact) mass is 162 g/mol. The Bertz CT molecular complexity index is 89.4. The zero-order valence-corrected chi connectivity index (χ0v) is 8.50. The van der Waals surface area contributed by atoms with Gasteiger partial charge in [-0.15, -0.1) is 11.6 Å². The highest BCUT2D eigenvalue weighted by Crippen LogP contribution is 2.29. The van der Waals surface area contributed by atoms with E-state index in [1.54, 1.807) is 0 Å². The summed E-state index contributed by atoms with van der Waals surface area (Å²) in [4.78, 5) is 0. The summed E-state index contributed by atoms with van der Waals surface area (Å²) in [7, 11) is 0. The van der Waals surface area contributed by atoms with Crippen LogP contribution in [-0.4, -0.2) is 5.38 Å². The van der Waals surface area contributed by atoms with Crippen LogP contribution >= 0.6 is 11.6 Å². The van der Waals surface area contributed by atoms with E-state index in [0.29, 0.717) is 16.7 Å². The van der Waals surface area contributed by atoms with Crippen LogP contribution in [0.3, 0.4) is 0 Å². The normalized spacial score (nSPS) is 18.6. The van der Waals surface area contributed by atoms with Gasteiger partial charge in [0.05, 0.1) is 0 Å². The first kappa shape index (κ1) is 10.3. The third-order valence-electron chi connectivity index (χ3n) is 2.16. The standard InChI is InChI=1S/C9H19Cl/c1-7(6-8(2)10)9(3,4)5/h7-8H,6H2,1-5H3. The molecule has 62 valence electrons. The molecule has 0 rings (SSSR count). The average Bonchev–Trinajstić information content (AvgIpc) is 1.60. The van der Waals surface area contributed by atoms with E-state index in [-0.39, 0.29) is 0 Å². The van der Waals surface area contributed by atoms with Crippen LogP contribution in [0.2, 0.25) is 0 Å². The van der Waals surface area contributed by atoms with Gasteiger partial charge in [0.1, 0.15) is 0 Å². The smallest absolute Gasteiger partial charge is 0.0310 e. The van der Waals surface area contributed by atoms with Crippen molar-refractivity contribution in [2.24, 2.45) is 11.3 Å². The third-order valence-corrected chi connectivity index (χ3v) is 2.33. The minimum atomic E-state index is 0.314. The largest absolute Gasteiger partial charge is 0.123 e. The fourth-order valence-corrected chi connectivity index (χ4v) is 1.11. The molecule has 0 aromatic heterocycles. The molecule has 0 aliphatic heterocycles. The number of halogens is 1. The Morgan fingerprint density at radius 3 is 1.70 bits per heavy atom. The Labute approximate surface area is 70.0 Å². The van der Waals surface area contributed by atoms with E-state index in [4.69, 9.17) is 11.6 Å². The maximum Gasteiger partial charge on any atom is 0.0310 e. The van der Waals surface area contributed by atoms with E-state index in [1.807, 2.05) is 0 Å². The van der Waals surface area contributed by atoms with E-state index in [0.717, 1.165) is 6.42 Å².